The Balaban J connectivity index is 1.60. The smallest absolute Gasteiger partial charge is 0.387 e. The molecule has 1 aromatic carbocycles. The maximum Gasteiger partial charge on any atom is 0.387 e. The van der Waals surface area contributed by atoms with E-state index in [1.165, 1.54) is 0 Å². The van der Waals surface area contributed by atoms with Crippen molar-refractivity contribution >= 4 is 0 Å². The van der Waals surface area contributed by atoms with E-state index in [1.54, 1.807) is 12.1 Å². The molecule has 4 nitrogen and oxygen atoms in total. The number of ether oxygens (including phenoxy) is 1. The van der Waals surface area contributed by atoms with E-state index in [4.69, 9.17) is 0 Å². The van der Waals surface area contributed by atoms with Crippen LogP contribution < -0.4 is 4.74 Å². The fourth-order valence-corrected chi connectivity index (χ4v) is 3.21. The molecular weight excluding hydrogens is 300 g/mol. The summed E-state index contributed by atoms with van der Waals surface area (Å²) in [5.41, 5.74) is 1.10. The van der Waals surface area contributed by atoms with Crippen molar-refractivity contribution in [3.8, 4) is 5.75 Å². The minimum absolute atomic E-state index is 0.202. The van der Waals surface area contributed by atoms with Gasteiger partial charge in [-0.15, -0.1) is 0 Å². The van der Waals surface area contributed by atoms with Crippen LogP contribution in [0.3, 0.4) is 0 Å². The number of piperidine rings is 1. The molecule has 0 N–H and O–H groups in total. The normalized spacial score (nSPS) is 19.2. The van der Waals surface area contributed by atoms with Crippen LogP contribution in [0.5, 0.6) is 5.75 Å². The molecule has 0 unspecified atom stereocenters. The highest BCUT2D eigenvalue weighted by Gasteiger charge is 2.24. The molecule has 1 fully saturated rings. The Bertz CT molecular complexity index is 627. The molecule has 1 atom stereocenters. The Morgan fingerprint density at radius 1 is 1.30 bits per heavy atom. The van der Waals surface area contributed by atoms with Gasteiger partial charge in [-0.1, -0.05) is 12.1 Å². The molecule has 23 heavy (non-hydrogen) atoms. The molecule has 0 bridgehead atoms. The third-order valence-electron chi connectivity index (χ3n) is 4.28. The van der Waals surface area contributed by atoms with E-state index in [1.807, 2.05) is 31.6 Å². The van der Waals surface area contributed by atoms with E-state index >= 15 is 0 Å². The maximum absolute atomic E-state index is 12.2. The van der Waals surface area contributed by atoms with E-state index in [0.717, 1.165) is 43.9 Å². The van der Waals surface area contributed by atoms with Gasteiger partial charge in [-0.05, 0) is 37.1 Å². The molecule has 1 saturated heterocycles. The monoisotopic (exact) mass is 321 g/mol. The number of imidazole rings is 1. The summed E-state index contributed by atoms with van der Waals surface area (Å²) in [6.07, 6.45) is 6.12. The topological polar surface area (TPSA) is 30.3 Å². The number of nitrogens with zero attached hydrogens (tertiary/aromatic N) is 3. The van der Waals surface area contributed by atoms with Gasteiger partial charge in [0.25, 0.3) is 0 Å². The van der Waals surface area contributed by atoms with Gasteiger partial charge in [0, 0.05) is 38.4 Å². The molecule has 1 aliphatic rings. The third-order valence-corrected chi connectivity index (χ3v) is 4.28. The van der Waals surface area contributed by atoms with Crippen LogP contribution in [0.4, 0.5) is 8.78 Å². The first kappa shape index (κ1) is 15.9. The van der Waals surface area contributed by atoms with Gasteiger partial charge < -0.3 is 9.30 Å². The van der Waals surface area contributed by atoms with Gasteiger partial charge in [0.05, 0.1) is 0 Å². The summed E-state index contributed by atoms with van der Waals surface area (Å²) in [5, 5.41) is 0. The second-order valence-corrected chi connectivity index (χ2v) is 5.99. The molecule has 1 aliphatic heterocycles. The molecule has 0 amide bonds. The minimum atomic E-state index is -2.78. The van der Waals surface area contributed by atoms with Crippen molar-refractivity contribution in [1.29, 1.82) is 0 Å². The molecular formula is C17H21F2N3O. The average molecular weight is 321 g/mol. The Hall–Kier alpha value is -1.95. The number of hydrogen-bond acceptors (Lipinski definition) is 3. The van der Waals surface area contributed by atoms with Crippen LogP contribution in [0.2, 0.25) is 0 Å². The highest BCUT2D eigenvalue weighted by molar-refractivity contribution is 5.27. The quantitative estimate of drug-likeness (QED) is 0.845. The third kappa shape index (κ3) is 4.07. The summed E-state index contributed by atoms with van der Waals surface area (Å²) in [5.74, 6) is 1.79. The summed E-state index contributed by atoms with van der Waals surface area (Å²) in [6, 6.07) is 6.90. The van der Waals surface area contributed by atoms with Gasteiger partial charge in [0.1, 0.15) is 11.6 Å². The second kappa shape index (κ2) is 7.08. The summed E-state index contributed by atoms with van der Waals surface area (Å²) >= 11 is 0. The second-order valence-electron chi connectivity index (χ2n) is 5.99. The van der Waals surface area contributed by atoms with Crippen LogP contribution in [0.25, 0.3) is 0 Å². The first-order chi connectivity index (χ1) is 11.1. The molecule has 2 heterocycles. The predicted molar refractivity (Wildman–Crippen MR) is 83.5 cm³/mol. The molecule has 0 spiro atoms. The van der Waals surface area contributed by atoms with Gasteiger partial charge in [-0.3, -0.25) is 4.90 Å². The number of aromatic nitrogens is 2. The molecule has 3 rings (SSSR count). The highest BCUT2D eigenvalue weighted by Crippen LogP contribution is 2.26. The average Bonchev–Trinajstić information content (AvgIpc) is 2.95. The Morgan fingerprint density at radius 2 is 2.09 bits per heavy atom. The molecule has 0 saturated carbocycles. The minimum Gasteiger partial charge on any atom is -0.435 e. The van der Waals surface area contributed by atoms with Crippen LogP contribution in [-0.4, -0.2) is 34.2 Å². The Morgan fingerprint density at radius 3 is 2.74 bits per heavy atom. The SMILES string of the molecule is Cn1ccnc1[C@@H]1CCCN(Cc2ccc(OC(F)F)cc2)C1. The number of alkyl halides is 2. The van der Waals surface area contributed by atoms with Crippen LogP contribution in [-0.2, 0) is 13.6 Å². The first-order valence-corrected chi connectivity index (χ1v) is 7.85. The molecule has 124 valence electrons. The zero-order valence-electron chi connectivity index (χ0n) is 13.2. The van der Waals surface area contributed by atoms with E-state index in [9.17, 15) is 8.78 Å². The first-order valence-electron chi connectivity index (χ1n) is 7.85. The molecule has 0 aliphatic carbocycles. The fraction of sp³-hybridized carbons (Fsp3) is 0.471. The highest BCUT2D eigenvalue weighted by atomic mass is 19.3. The number of halogens is 2. The van der Waals surface area contributed by atoms with Gasteiger partial charge in [0.2, 0.25) is 0 Å². The summed E-state index contributed by atoms with van der Waals surface area (Å²) in [4.78, 5) is 6.86. The lowest BCUT2D eigenvalue weighted by Gasteiger charge is -2.32. The van der Waals surface area contributed by atoms with Crippen LogP contribution in [0.1, 0.15) is 30.1 Å². The lowest BCUT2D eigenvalue weighted by molar-refractivity contribution is -0.0498. The van der Waals surface area contributed by atoms with Crippen LogP contribution in [0.15, 0.2) is 36.7 Å². The number of benzene rings is 1. The van der Waals surface area contributed by atoms with Crippen molar-refractivity contribution in [1.82, 2.24) is 14.5 Å². The van der Waals surface area contributed by atoms with E-state index < -0.39 is 6.61 Å². The van der Waals surface area contributed by atoms with Crippen molar-refractivity contribution in [2.45, 2.75) is 31.9 Å². The van der Waals surface area contributed by atoms with Gasteiger partial charge in [0.15, 0.2) is 0 Å². The van der Waals surface area contributed by atoms with Crippen molar-refractivity contribution in [2.24, 2.45) is 7.05 Å². The predicted octanol–water partition coefficient (Wildman–Crippen LogP) is 3.40. The number of aryl methyl sites for hydroxylation is 1. The molecule has 0 radical (unpaired) electrons. The van der Waals surface area contributed by atoms with E-state index in [0.29, 0.717) is 5.92 Å². The zero-order valence-corrected chi connectivity index (χ0v) is 13.2. The van der Waals surface area contributed by atoms with Crippen LogP contribution >= 0.6 is 0 Å². The molecule has 6 heteroatoms. The zero-order chi connectivity index (χ0) is 16.2. The number of likely N-dealkylation sites (tertiary alicyclic amines) is 1. The van der Waals surface area contributed by atoms with Gasteiger partial charge in [-0.2, -0.15) is 8.78 Å². The largest absolute Gasteiger partial charge is 0.435 e. The summed E-state index contributed by atoms with van der Waals surface area (Å²) < 4.78 is 30.8. The fourth-order valence-electron chi connectivity index (χ4n) is 3.21. The van der Waals surface area contributed by atoms with Crippen molar-refractivity contribution in [3.63, 3.8) is 0 Å². The lowest BCUT2D eigenvalue weighted by atomic mass is 9.96. The number of hydrogen-bond donors (Lipinski definition) is 0. The summed E-state index contributed by atoms with van der Waals surface area (Å²) in [6.45, 7) is 0.0631. The molecule has 2 aromatic rings. The van der Waals surface area contributed by atoms with Gasteiger partial charge in [-0.25, -0.2) is 4.98 Å². The van der Waals surface area contributed by atoms with Gasteiger partial charge >= 0.3 is 6.61 Å². The Kier molecular flexibility index (Phi) is 4.91. The van der Waals surface area contributed by atoms with E-state index in [2.05, 4.69) is 19.2 Å². The summed E-state index contributed by atoms with van der Waals surface area (Å²) in [7, 11) is 2.03. The molecule has 1 aromatic heterocycles. The van der Waals surface area contributed by atoms with Crippen molar-refractivity contribution in [3.05, 3.63) is 48.0 Å². The lowest BCUT2D eigenvalue weighted by Crippen LogP contribution is -2.34. The number of rotatable bonds is 5. The van der Waals surface area contributed by atoms with Crippen LogP contribution in [0, 0.1) is 0 Å². The Labute approximate surface area is 134 Å². The maximum atomic E-state index is 12.2. The van der Waals surface area contributed by atoms with Crippen molar-refractivity contribution < 1.29 is 13.5 Å². The standard InChI is InChI=1S/C17H21F2N3O/c1-21-10-8-20-16(21)14-3-2-9-22(12-14)11-13-4-6-15(7-5-13)23-17(18)19/h4-8,10,14,17H,2-3,9,11-12H2,1H3/t14-/m1/s1. The van der Waals surface area contributed by atoms with Crippen molar-refractivity contribution in [2.75, 3.05) is 13.1 Å². The van der Waals surface area contributed by atoms with E-state index in [-0.39, 0.29) is 5.75 Å².